The van der Waals surface area contributed by atoms with Crippen molar-refractivity contribution in [1.82, 2.24) is 0 Å². The van der Waals surface area contributed by atoms with E-state index in [9.17, 15) is 36.5 Å². The Morgan fingerprint density at radius 3 is 2.10 bits per heavy atom. The highest BCUT2D eigenvalue weighted by Gasteiger charge is 2.61. The van der Waals surface area contributed by atoms with Crippen LogP contribution in [0.1, 0.15) is 11.6 Å². The van der Waals surface area contributed by atoms with Crippen LogP contribution in [0.3, 0.4) is 0 Å². The SMILES string of the molecule is Cl.N[C@@H](c1ccc(F)c([N+](=O)[O-])c1)C(F)(F)C(F)(F)F. The van der Waals surface area contributed by atoms with Crippen molar-refractivity contribution in [3.63, 3.8) is 0 Å². The fourth-order valence-corrected chi connectivity index (χ4v) is 1.25. The highest BCUT2D eigenvalue weighted by atomic mass is 35.5. The average molecular weight is 325 g/mol. The third kappa shape index (κ3) is 3.31. The average Bonchev–Trinajstić information content (AvgIpc) is 2.26. The molecule has 1 atom stereocenters. The Hall–Kier alpha value is -1.55. The lowest BCUT2D eigenvalue weighted by Crippen LogP contribution is -2.45. The minimum absolute atomic E-state index is 0. The van der Waals surface area contributed by atoms with E-state index in [0.717, 1.165) is 0 Å². The zero-order valence-electron chi connectivity index (χ0n) is 9.33. The second-order valence-corrected chi connectivity index (χ2v) is 3.57. The van der Waals surface area contributed by atoms with E-state index in [4.69, 9.17) is 5.73 Å². The number of rotatable bonds is 3. The molecule has 0 bridgehead atoms. The van der Waals surface area contributed by atoms with Crippen molar-refractivity contribution in [1.29, 1.82) is 0 Å². The monoisotopic (exact) mass is 324 g/mol. The van der Waals surface area contributed by atoms with Crippen LogP contribution in [0.2, 0.25) is 0 Å². The van der Waals surface area contributed by atoms with Gasteiger partial charge in [0.15, 0.2) is 0 Å². The molecule has 0 aliphatic heterocycles. The van der Waals surface area contributed by atoms with Crippen molar-refractivity contribution in [3.8, 4) is 0 Å². The van der Waals surface area contributed by atoms with Gasteiger partial charge in [-0.15, -0.1) is 12.4 Å². The van der Waals surface area contributed by atoms with Gasteiger partial charge in [-0.05, 0) is 11.6 Å². The van der Waals surface area contributed by atoms with E-state index in [2.05, 4.69) is 0 Å². The van der Waals surface area contributed by atoms with Gasteiger partial charge in [-0.3, -0.25) is 10.1 Å². The highest BCUT2D eigenvalue weighted by molar-refractivity contribution is 5.85. The molecule has 11 heteroatoms. The van der Waals surface area contributed by atoms with E-state index < -0.39 is 40.1 Å². The highest BCUT2D eigenvalue weighted by Crippen LogP contribution is 2.43. The number of nitro benzene ring substituents is 1. The summed E-state index contributed by atoms with van der Waals surface area (Å²) in [5.41, 5.74) is 2.64. The predicted octanol–water partition coefficient (Wildman–Crippen LogP) is 3.35. The largest absolute Gasteiger partial charge is 0.455 e. The lowest BCUT2D eigenvalue weighted by atomic mass is 10.0. The van der Waals surface area contributed by atoms with Crippen molar-refractivity contribution < 1.29 is 31.3 Å². The molecule has 20 heavy (non-hydrogen) atoms. The van der Waals surface area contributed by atoms with Gasteiger partial charge in [0.2, 0.25) is 5.82 Å². The molecule has 1 aromatic rings. The van der Waals surface area contributed by atoms with Crippen LogP contribution in [0.4, 0.5) is 32.0 Å². The van der Waals surface area contributed by atoms with Crippen LogP contribution in [-0.4, -0.2) is 17.0 Å². The maximum atomic E-state index is 12.9. The van der Waals surface area contributed by atoms with Gasteiger partial charge in [0.25, 0.3) is 0 Å². The van der Waals surface area contributed by atoms with Crippen molar-refractivity contribution in [2.45, 2.75) is 18.1 Å². The molecule has 0 fully saturated rings. The minimum Gasteiger partial charge on any atom is -0.319 e. The zero-order chi connectivity index (χ0) is 15.0. The first kappa shape index (κ1) is 18.4. The summed E-state index contributed by atoms with van der Waals surface area (Å²) < 4.78 is 75.0. The number of benzene rings is 1. The van der Waals surface area contributed by atoms with Crippen molar-refractivity contribution in [3.05, 3.63) is 39.7 Å². The first-order valence-corrected chi connectivity index (χ1v) is 4.62. The fraction of sp³-hybridized carbons (Fsp3) is 0.333. The number of hydrogen-bond donors (Lipinski definition) is 1. The van der Waals surface area contributed by atoms with Gasteiger partial charge in [0.1, 0.15) is 6.04 Å². The third-order valence-corrected chi connectivity index (χ3v) is 2.29. The molecule has 0 heterocycles. The quantitative estimate of drug-likeness (QED) is 0.526. The van der Waals surface area contributed by atoms with Crippen molar-refractivity contribution in [2.24, 2.45) is 5.73 Å². The molecule has 0 radical (unpaired) electrons. The van der Waals surface area contributed by atoms with E-state index in [1.54, 1.807) is 0 Å². The fourth-order valence-electron chi connectivity index (χ4n) is 1.25. The first-order valence-electron chi connectivity index (χ1n) is 4.62. The molecule has 0 spiro atoms. The Balaban J connectivity index is 0.00000361. The van der Waals surface area contributed by atoms with Gasteiger partial charge in [-0.1, -0.05) is 6.07 Å². The Morgan fingerprint density at radius 2 is 1.70 bits per heavy atom. The molecule has 2 N–H and O–H groups in total. The molecular formula is C9H7ClF6N2O2. The molecule has 0 aromatic heterocycles. The second kappa shape index (κ2) is 5.83. The summed E-state index contributed by atoms with van der Waals surface area (Å²) in [7, 11) is 0. The summed E-state index contributed by atoms with van der Waals surface area (Å²) in [6.07, 6.45) is -5.92. The second-order valence-electron chi connectivity index (χ2n) is 3.57. The lowest BCUT2D eigenvalue weighted by Gasteiger charge is -2.25. The van der Waals surface area contributed by atoms with E-state index in [-0.39, 0.29) is 18.5 Å². The molecule has 1 aromatic carbocycles. The maximum Gasteiger partial charge on any atom is 0.455 e. The Bertz CT molecular complexity index is 508. The Kier molecular flexibility index (Phi) is 5.38. The van der Waals surface area contributed by atoms with Gasteiger partial charge in [-0.25, -0.2) is 0 Å². The Labute approximate surface area is 114 Å². The van der Waals surface area contributed by atoms with Gasteiger partial charge in [0.05, 0.1) is 4.92 Å². The van der Waals surface area contributed by atoms with E-state index in [1.807, 2.05) is 0 Å². The normalized spacial score (nSPS) is 13.6. The van der Waals surface area contributed by atoms with Gasteiger partial charge in [-0.2, -0.15) is 26.3 Å². The van der Waals surface area contributed by atoms with E-state index >= 15 is 0 Å². The van der Waals surface area contributed by atoms with Crippen LogP contribution in [0, 0.1) is 15.9 Å². The van der Waals surface area contributed by atoms with Crippen LogP contribution in [0.15, 0.2) is 18.2 Å². The summed E-state index contributed by atoms with van der Waals surface area (Å²) in [6, 6.07) is -1.68. The molecule has 0 aliphatic carbocycles. The number of nitro groups is 1. The van der Waals surface area contributed by atoms with Crippen LogP contribution >= 0.6 is 12.4 Å². The number of nitrogens with two attached hydrogens (primary N) is 1. The molecule has 4 nitrogen and oxygen atoms in total. The van der Waals surface area contributed by atoms with Crippen LogP contribution in [0.5, 0.6) is 0 Å². The summed E-state index contributed by atoms with van der Waals surface area (Å²) in [5, 5.41) is 10.4. The van der Waals surface area contributed by atoms with Crippen LogP contribution < -0.4 is 5.73 Å². The molecule has 0 aliphatic rings. The molecule has 0 amide bonds. The van der Waals surface area contributed by atoms with Crippen LogP contribution in [0.25, 0.3) is 0 Å². The molecule has 0 unspecified atom stereocenters. The number of nitrogens with zero attached hydrogens (tertiary/aromatic N) is 1. The maximum absolute atomic E-state index is 12.9. The summed E-state index contributed by atoms with van der Waals surface area (Å²) in [6.45, 7) is 0. The smallest absolute Gasteiger partial charge is 0.319 e. The number of halogens is 7. The predicted molar refractivity (Wildman–Crippen MR) is 58.2 cm³/mol. The topological polar surface area (TPSA) is 69.2 Å². The molecule has 0 saturated heterocycles. The van der Waals surface area contributed by atoms with Gasteiger partial charge < -0.3 is 5.73 Å². The van der Waals surface area contributed by atoms with Crippen LogP contribution in [-0.2, 0) is 0 Å². The van der Waals surface area contributed by atoms with E-state index in [1.165, 1.54) is 0 Å². The summed E-state index contributed by atoms with van der Waals surface area (Å²) in [4.78, 5) is 9.11. The lowest BCUT2D eigenvalue weighted by molar-refractivity contribution is -0.387. The van der Waals surface area contributed by atoms with Gasteiger partial charge in [0, 0.05) is 6.07 Å². The number of hydrogen-bond acceptors (Lipinski definition) is 3. The van der Waals surface area contributed by atoms with Gasteiger partial charge >= 0.3 is 17.8 Å². The molecule has 114 valence electrons. The molecule has 0 saturated carbocycles. The van der Waals surface area contributed by atoms with Crippen molar-refractivity contribution in [2.75, 3.05) is 0 Å². The third-order valence-electron chi connectivity index (χ3n) is 2.29. The summed E-state index contributed by atoms with van der Waals surface area (Å²) >= 11 is 0. The van der Waals surface area contributed by atoms with Crippen molar-refractivity contribution >= 4 is 18.1 Å². The zero-order valence-corrected chi connectivity index (χ0v) is 10.1. The molecular weight excluding hydrogens is 318 g/mol. The van der Waals surface area contributed by atoms with E-state index in [0.29, 0.717) is 12.1 Å². The summed E-state index contributed by atoms with van der Waals surface area (Å²) in [5.74, 6) is -6.66. The number of alkyl halides is 5. The Morgan fingerprint density at radius 1 is 1.20 bits per heavy atom. The first-order chi connectivity index (χ1) is 8.48. The standard InChI is InChI=1S/C9H6F6N2O2.ClH/c10-5-2-1-4(3-6(5)17(18)19)7(16)8(11,12)9(13,14)15;/h1-3,7H,16H2;1H/t7-;/m0./s1. The molecule has 1 rings (SSSR count). The minimum atomic E-state index is -5.92.